The van der Waals surface area contributed by atoms with Crippen molar-refractivity contribution < 1.29 is 4.79 Å². The van der Waals surface area contributed by atoms with E-state index in [0.29, 0.717) is 18.2 Å². The maximum Gasteiger partial charge on any atom is 0.270 e. The van der Waals surface area contributed by atoms with Crippen molar-refractivity contribution in [3.63, 3.8) is 0 Å². The molecule has 120 valence electrons. The third kappa shape index (κ3) is 4.27. The van der Waals surface area contributed by atoms with Crippen molar-refractivity contribution in [3.05, 3.63) is 45.5 Å². The second-order valence-corrected chi connectivity index (χ2v) is 7.90. The summed E-state index contributed by atoms with van der Waals surface area (Å²) in [4.78, 5) is 17.7. The number of aromatic nitrogens is 3. The fraction of sp³-hybridized carbons (Fsp3) is 0.267. The Balaban J connectivity index is 1.55. The molecule has 3 rings (SSSR count). The van der Waals surface area contributed by atoms with Crippen molar-refractivity contribution in [1.82, 2.24) is 20.1 Å². The van der Waals surface area contributed by atoms with Crippen molar-refractivity contribution in [2.24, 2.45) is 5.92 Å². The van der Waals surface area contributed by atoms with Gasteiger partial charge in [-0.1, -0.05) is 6.92 Å². The van der Waals surface area contributed by atoms with Crippen LogP contribution in [0.4, 0.5) is 0 Å². The van der Waals surface area contributed by atoms with E-state index in [-0.39, 0.29) is 5.91 Å². The number of hydrogen-bond donors (Lipinski definition) is 1. The second kappa shape index (κ2) is 7.37. The average molecular weight is 411 g/mol. The van der Waals surface area contributed by atoms with Crippen LogP contribution in [-0.4, -0.2) is 27.2 Å². The van der Waals surface area contributed by atoms with Crippen LogP contribution in [0.2, 0.25) is 0 Å². The number of carbonyl (C=O) groups excluding carboxylic acids is 1. The fourth-order valence-electron chi connectivity index (χ4n) is 2.07. The van der Waals surface area contributed by atoms with Gasteiger partial charge in [0.15, 0.2) is 0 Å². The molecule has 0 radical (unpaired) electrons. The van der Waals surface area contributed by atoms with Crippen LogP contribution in [0, 0.1) is 5.92 Å². The molecule has 0 aliphatic rings. The molecule has 8 heteroatoms. The number of thiazole rings is 1. The van der Waals surface area contributed by atoms with E-state index >= 15 is 0 Å². The molecule has 1 N–H and O–H groups in total. The summed E-state index contributed by atoms with van der Waals surface area (Å²) in [5.41, 5.74) is 0.473. The van der Waals surface area contributed by atoms with E-state index in [9.17, 15) is 4.79 Å². The molecule has 1 atom stereocenters. The van der Waals surface area contributed by atoms with Gasteiger partial charge in [0.25, 0.3) is 5.91 Å². The molecule has 3 heterocycles. The second-order valence-electron chi connectivity index (χ2n) is 5.21. The minimum absolute atomic E-state index is 0.129. The number of halogens is 1. The van der Waals surface area contributed by atoms with Crippen LogP contribution in [0.25, 0.3) is 9.88 Å². The summed E-state index contributed by atoms with van der Waals surface area (Å²) >= 11 is 6.52. The van der Waals surface area contributed by atoms with Crippen LogP contribution >= 0.6 is 38.6 Å². The van der Waals surface area contributed by atoms with Gasteiger partial charge in [-0.25, -0.2) is 4.98 Å². The Hall–Kier alpha value is -1.51. The summed E-state index contributed by atoms with van der Waals surface area (Å²) in [6.45, 7) is 3.45. The highest BCUT2D eigenvalue weighted by atomic mass is 79.9. The molecule has 0 aliphatic heterocycles. The van der Waals surface area contributed by atoms with E-state index in [1.807, 2.05) is 28.4 Å². The molecular weight excluding hydrogens is 396 g/mol. The normalized spacial score (nSPS) is 12.3. The summed E-state index contributed by atoms with van der Waals surface area (Å²) in [6, 6.07) is 3.91. The van der Waals surface area contributed by atoms with Gasteiger partial charge in [-0.05, 0) is 34.0 Å². The van der Waals surface area contributed by atoms with E-state index in [0.717, 1.165) is 20.9 Å². The van der Waals surface area contributed by atoms with Crippen LogP contribution < -0.4 is 5.32 Å². The van der Waals surface area contributed by atoms with Crippen molar-refractivity contribution in [2.45, 2.75) is 13.5 Å². The van der Waals surface area contributed by atoms with Crippen LogP contribution in [0.15, 0.2) is 39.8 Å². The molecule has 0 saturated carbocycles. The molecule has 0 aromatic carbocycles. The Kier molecular flexibility index (Phi) is 5.24. The Morgan fingerprint density at radius 3 is 3.00 bits per heavy atom. The van der Waals surface area contributed by atoms with Gasteiger partial charge in [0.05, 0.1) is 4.88 Å². The number of nitrogens with zero attached hydrogens (tertiary/aromatic N) is 3. The van der Waals surface area contributed by atoms with Gasteiger partial charge < -0.3 is 5.32 Å². The Morgan fingerprint density at radius 2 is 2.30 bits per heavy atom. The van der Waals surface area contributed by atoms with Crippen molar-refractivity contribution in [2.75, 3.05) is 6.54 Å². The van der Waals surface area contributed by atoms with Gasteiger partial charge in [-0.15, -0.1) is 22.7 Å². The fourth-order valence-corrected chi connectivity index (χ4v) is 4.37. The zero-order chi connectivity index (χ0) is 16.2. The van der Waals surface area contributed by atoms with E-state index in [2.05, 4.69) is 38.3 Å². The minimum Gasteiger partial charge on any atom is -0.350 e. The first-order valence-electron chi connectivity index (χ1n) is 7.07. The summed E-state index contributed by atoms with van der Waals surface area (Å²) in [7, 11) is 0. The highest BCUT2D eigenvalue weighted by Gasteiger charge is 2.14. The van der Waals surface area contributed by atoms with Gasteiger partial charge in [-0.3, -0.25) is 9.48 Å². The third-order valence-electron chi connectivity index (χ3n) is 3.18. The lowest BCUT2D eigenvalue weighted by molar-refractivity contribution is 0.0942. The Morgan fingerprint density at radius 1 is 1.43 bits per heavy atom. The van der Waals surface area contributed by atoms with Crippen LogP contribution in [-0.2, 0) is 6.54 Å². The summed E-state index contributed by atoms with van der Waals surface area (Å²) in [5.74, 6) is 0.167. The van der Waals surface area contributed by atoms with E-state index in [1.54, 1.807) is 22.9 Å². The zero-order valence-electron chi connectivity index (χ0n) is 12.4. The van der Waals surface area contributed by atoms with Crippen molar-refractivity contribution >= 4 is 44.5 Å². The molecule has 0 spiro atoms. The molecule has 5 nitrogen and oxygen atoms in total. The smallest absolute Gasteiger partial charge is 0.270 e. The maximum absolute atomic E-state index is 12.2. The first kappa shape index (κ1) is 16.4. The monoisotopic (exact) mass is 410 g/mol. The number of nitrogens with one attached hydrogen (secondary N) is 1. The molecule has 1 unspecified atom stereocenters. The zero-order valence-corrected chi connectivity index (χ0v) is 15.6. The number of hydrogen-bond acceptors (Lipinski definition) is 5. The minimum atomic E-state index is -0.129. The average Bonchev–Trinajstić information content (AvgIpc) is 3.25. The lowest BCUT2D eigenvalue weighted by atomic mass is 10.2. The summed E-state index contributed by atoms with van der Waals surface area (Å²) < 4.78 is 2.90. The van der Waals surface area contributed by atoms with Gasteiger partial charge in [0, 0.05) is 40.7 Å². The summed E-state index contributed by atoms with van der Waals surface area (Å²) in [5, 5.41) is 11.8. The Labute approximate surface area is 150 Å². The molecule has 0 bridgehead atoms. The van der Waals surface area contributed by atoms with E-state index < -0.39 is 0 Å². The lowest BCUT2D eigenvalue weighted by Crippen LogP contribution is -2.30. The highest BCUT2D eigenvalue weighted by Crippen LogP contribution is 2.31. The lowest BCUT2D eigenvalue weighted by Gasteiger charge is -2.12. The number of amides is 1. The van der Waals surface area contributed by atoms with Crippen molar-refractivity contribution in [1.29, 1.82) is 0 Å². The highest BCUT2D eigenvalue weighted by molar-refractivity contribution is 9.10. The van der Waals surface area contributed by atoms with Crippen LogP contribution in [0.1, 0.15) is 17.4 Å². The standard InChI is InChI=1S/C15H15BrN4OS2/c1-10(7-20-4-2-3-18-20)6-17-14(21)12-9-23-15(19-12)13-5-11(16)8-22-13/h2-5,8-10H,6-7H2,1H3,(H,17,21). The number of thiophene rings is 1. The SMILES string of the molecule is CC(CNC(=O)c1csc(-c2cc(Br)cs2)n1)Cn1cccn1. The first-order valence-corrected chi connectivity index (χ1v) is 9.62. The molecule has 0 fully saturated rings. The van der Waals surface area contributed by atoms with Gasteiger partial charge in [0.1, 0.15) is 10.7 Å². The molecule has 0 aliphatic carbocycles. The summed E-state index contributed by atoms with van der Waals surface area (Å²) in [6.07, 6.45) is 3.68. The predicted molar refractivity (Wildman–Crippen MR) is 96.9 cm³/mol. The van der Waals surface area contributed by atoms with Gasteiger partial charge >= 0.3 is 0 Å². The van der Waals surface area contributed by atoms with Gasteiger partial charge in [-0.2, -0.15) is 5.10 Å². The first-order chi connectivity index (χ1) is 11.1. The molecule has 1 amide bonds. The third-order valence-corrected chi connectivity index (χ3v) is 5.89. The largest absolute Gasteiger partial charge is 0.350 e. The molecule has 23 heavy (non-hydrogen) atoms. The predicted octanol–water partition coefficient (Wildman–Crippen LogP) is 3.90. The van der Waals surface area contributed by atoms with E-state index in [4.69, 9.17) is 0 Å². The number of rotatable bonds is 6. The maximum atomic E-state index is 12.2. The van der Waals surface area contributed by atoms with Crippen LogP contribution in [0.5, 0.6) is 0 Å². The molecule has 3 aromatic rings. The van der Waals surface area contributed by atoms with Gasteiger partial charge in [0.2, 0.25) is 0 Å². The van der Waals surface area contributed by atoms with Crippen molar-refractivity contribution in [3.8, 4) is 9.88 Å². The number of carbonyl (C=O) groups is 1. The molecular formula is C15H15BrN4OS2. The quantitative estimate of drug-likeness (QED) is 0.670. The van der Waals surface area contributed by atoms with Crippen LogP contribution in [0.3, 0.4) is 0 Å². The van der Waals surface area contributed by atoms with E-state index in [1.165, 1.54) is 11.3 Å². The topological polar surface area (TPSA) is 59.8 Å². The Bertz CT molecular complexity index is 781. The molecule has 0 saturated heterocycles. The molecule has 3 aromatic heterocycles.